The average molecular weight is 617 g/mol. The van der Waals surface area contributed by atoms with E-state index in [1.165, 1.54) is 6.42 Å². The first kappa shape index (κ1) is 35.1. The number of methoxy groups -OCH3 is 3. The zero-order valence-corrected chi connectivity index (χ0v) is 27.9. The molecule has 1 aliphatic carbocycles. The third-order valence-corrected chi connectivity index (χ3v) is 10.4. The largest absolute Gasteiger partial charge is 0.457 e. The van der Waals surface area contributed by atoms with Crippen molar-refractivity contribution >= 4 is 5.97 Å². The van der Waals surface area contributed by atoms with E-state index >= 15 is 0 Å². The molecule has 1 aromatic carbocycles. The van der Waals surface area contributed by atoms with Crippen molar-refractivity contribution in [2.24, 2.45) is 29.6 Å². The minimum Gasteiger partial charge on any atom is -0.457 e. The third-order valence-electron chi connectivity index (χ3n) is 10.4. The molecular weight excluding hydrogens is 560 g/mol. The molecule has 1 saturated carbocycles. The van der Waals surface area contributed by atoms with Gasteiger partial charge in [0, 0.05) is 39.1 Å². The van der Waals surface area contributed by atoms with Crippen LogP contribution < -0.4 is 0 Å². The molecule has 4 rings (SSSR count). The molecule has 0 radical (unpaired) electrons. The van der Waals surface area contributed by atoms with E-state index in [0.717, 1.165) is 37.7 Å². The second-order valence-electron chi connectivity index (χ2n) is 13.3. The second-order valence-corrected chi connectivity index (χ2v) is 13.3. The summed E-state index contributed by atoms with van der Waals surface area (Å²) in [6, 6.07) is 9.89. The normalized spacial score (nSPS) is 40.4. The molecule has 8 heteroatoms. The molecule has 0 amide bonds. The van der Waals surface area contributed by atoms with Gasteiger partial charge in [-0.25, -0.2) is 0 Å². The van der Waals surface area contributed by atoms with Gasteiger partial charge in [0.15, 0.2) is 0 Å². The predicted octanol–water partition coefficient (Wildman–Crippen LogP) is 6.26. The van der Waals surface area contributed by atoms with Crippen LogP contribution in [0.5, 0.6) is 0 Å². The Morgan fingerprint density at radius 2 is 1.55 bits per heavy atom. The van der Waals surface area contributed by atoms with Gasteiger partial charge in [0.05, 0.1) is 31.0 Å². The maximum Gasteiger partial charge on any atom is 0.314 e. The molecule has 0 unspecified atom stereocenters. The lowest BCUT2D eigenvalue weighted by atomic mass is 9.77. The number of aliphatic hydroxyl groups excluding tert-OH is 1. The van der Waals surface area contributed by atoms with E-state index in [-0.39, 0.29) is 30.0 Å². The van der Waals surface area contributed by atoms with Crippen LogP contribution in [0.15, 0.2) is 42.5 Å². The van der Waals surface area contributed by atoms with E-state index in [4.69, 9.17) is 28.4 Å². The highest BCUT2D eigenvalue weighted by Crippen LogP contribution is 2.45. The molecular formula is C36H56O8. The van der Waals surface area contributed by atoms with Gasteiger partial charge in [0.2, 0.25) is 5.79 Å². The minimum atomic E-state index is -1.52. The topological polar surface area (TPSA) is 92.7 Å². The van der Waals surface area contributed by atoms with Gasteiger partial charge in [-0.15, -0.1) is 0 Å². The van der Waals surface area contributed by atoms with Gasteiger partial charge >= 0.3 is 5.97 Å². The summed E-state index contributed by atoms with van der Waals surface area (Å²) in [5, 5.41) is 11.7. The first-order valence-corrected chi connectivity index (χ1v) is 16.7. The minimum absolute atomic E-state index is 0.0786. The molecule has 11 atom stereocenters. The smallest absolute Gasteiger partial charge is 0.314 e. The number of cyclic esters (lactones) is 1. The van der Waals surface area contributed by atoms with E-state index in [1.807, 2.05) is 37.3 Å². The van der Waals surface area contributed by atoms with Crippen LogP contribution in [0.25, 0.3) is 0 Å². The number of hydrogen-bond acceptors (Lipinski definition) is 8. The van der Waals surface area contributed by atoms with Gasteiger partial charge in [-0.05, 0) is 50.5 Å². The molecule has 248 valence electrons. The highest BCUT2D eigenvalue weighted by molar-refractivity contribution is 5.74. The monoisotopic (exact) mass is 616 g/mol. The standard InChI is InChI=1S/C36H56O8/c1-23-20-21-24(2)33(40-6)30(39-5)19-12-11-18-29(28-16-9-8-10-17-28)43-35(38)26(4)36(42-22-27-14-13-15-27)34(41-7)31(37)25(3)32(23)44-36/h8-10,16-17,20-21,23-27,29-34,37H,11-15,18-19,22H2,1-7H3/b21-20+/t23-,24-,25-,26+,29-,30-,31-,32-,33+,34+,36+/m0/s1. The van der Waals surface area contributed by atoms with Crippen LogP contribution in [0.2, 0.25) is 0 Å². The summed E-state index contributed by atoms with van der Waals surface area (Å²) < 4.78 is 37.8. The van der Waals surface area contributed by atoms with Gasteiger partial charge in [-0.2, -0.15) is 0 Å². The van der Waals surface area contributed by atoms with E-state index in [9.17, 15) is 9.90 Å². The third kappa shape index (κ3) is 7.76. The fourth-order valence-electron chi connectivity index (χ4n) is 7.22. The van der Waals surface area contributed by atoms with Crippen LogP contribution in [0.1, 0.15) is 84.3 Å². The maximum atomic E-state index is 14.2. The Labute approximate surface area is 264 Å². The highest BCUT2D eigenvalue weighted by Gasteiger charge is 2.60. The summed E-state index contributed by atoms with van der Waals surface area (Å²) in [7, 11) is 5.03. The number of ether oxygens (including phenoxy) is 6. The molecule has 44 heavy (non-hydrogen) atoms. The van der Waals surface area contributed by atoms with Crippen molar-refractivity contribution in [3.63, 3.8) is 0 Å². The SMILES string of the molecule is CO[C@H]1[C@@H](OC)CCCC[C@@H](c2ccccc2)OC(=O)[C@@H](C)[C@@]2(OCC3CCC3)O[C@H]([C@@H](C)[C@H](O)[C@H]2OC)[C@@H](C)/C=C/[C@@H]1C. The molecule has 2 aliphatic heterocycles. The van der Waals surface area contributed by atoms with Crippen LogP contribution in [-0.4, -0.2) is 75.3 Å². The Balaban J connectivity index is 1.75. The van der Waals surface area contributed by atoms with Gasteiger partial charge < -0.3 is 33.5 Å². The number of aliphatic hydroxyl groups is 1. The number of fused-ring (bicyclic) bond motifs is 2. The predicted molar refractivity (Wildman–Crippen MR) is 169 cm³/mol. The van der Waals surface area contributed by atoms with Gasteiger partial charge in [-0.1, -0.05) is 76.1 Å². The van der Waals surface area contributed by atoms with Crippen molar-refractivity contribution < 1.29 is 38.3 Å². The number of hydrogen-bond donors (Lipinski definition) is 1. The number of rotatable bonds is 7. The first-order chi connectivity index (χ1) is 21.2. The van der Waals surface area contributed by atoms with Crippen molar-refractivity contribution in [1.82, 2.24) is 0 Å². The van der Waals surface area contributed by atoms with Crippen molar-refractivity contribution in [2.75, 3.05) is 27.9 Å². The molecule has 8 nitrogen and oxygen atoms in total. The molecule has 1 aromatic rings. The summed E-state index contributed by atoms with van der Waals surface area (Å²) in [5.74, 6) is -2.70. The van der Waals surface area contributed by atoms with E-state index in [1.54, 1.807) is 28.3 Å². The molecule has 0 spiro atoms. The molecule has 2 fully saturated rings. The first-order valence-electron chi connectivity index (χ1n) is 16.7. The molecule has 2 bridgehead atoms. The lowest BCUT2D eigenvalue weighted by Gasteiger charge is -2.53. The van der Waals surface area contributed by atoms with E-state index in [0.29, 0.717) is 18.9 Å². The Morgan fingerprint density at radius 1 is 0.864 bits per heavy atom. The van der Waals surface area contributed by atoms with Crippen LogP contribution in [0.3, 0.4) is 0 Å². The van der Waals surface area contributed by atoms with Gasteiger partial charge in [0.25, 0.3) is 0 Å². The second kappa shape index (κ2) is 16.1. The zero-order chi connectivity index (χ0) is 31.9. The fourth-order valence-corrected chi connectivity index (χ4v) is 7.22. The fraction of sp³-hybridized carbons (Fsp3) is 0.750. The highest BCUT2D eigenvalue weighted by atomic mass is 16.7. The Kier molecular flexibility index (Phi) is 12.9. The summed E-state index contributed by atoms with van der Waals surface area (Å²) in [6.07, 6.45) is 7.99. The number of benzene rings is 1. The summed E-state index contributed by atoms with van der Waals surface area (Å²) >= 11 is 0. The average Bonchev–Trinajstić information content (AvgIpc) is 3.01. The molecule has 1 N–H and O–H groups in total. The maximum absolute atomic E-state index is 14.2. The van der Waals surface area contributed by atoms with Crippen molar-refractivity contribution in [3.8, 4) is 0 Å². The summed E-state index contributed by atoms with van der Waals surface area (Å²) in [5.41, 5.74) is 0.944. The molecule has 0 aromatic heterocycles. The summed E-state index contributed by atoms with van der Waals surface area (Å²) in [6.45, 7) is 8.42. The Morgan fingerprint density at radius 3 is 2.16 bits per heavy atom. The Bertz CT molecular complexity index is 1040. The van der Waals surface area contributed by atoms with E-state index in [2.05, 4.69) is 26.0 Å². The number of carbonyl (C=O) groups is 1. The number of esters is 1. The lowest BCUT2D eigenvalue weighted by molar-refractivity contribution is -0.379. The van der Waals surface area contributed by atoms with Crippen LogP contribution in [0, 0.1) is 29.6 Å². The van der Waals surface area contributed by atoms with Crippen molar-refractivity contribution in [3.05, 3.63) is 48.0 Å². The van der Waals surface area contributed by atoms with E-state index < -0.39 is 42.1 Å². The van der Waals surface area contributed by atoms with Crippen LogP contribution >= 0.6 is 0 Å². The molecule has 1 saturated heterocycles. The van der Waals surface area contributed by atoms with Crippen LogP contribution in [0.4, 0.5) is 0 Å². The summed E-state index contributed by atoms with van der Waals surface area (Å²) in [4.78, 5) is 14.2. The quantitative estimate of drug-likeness (QED) is 0.283. The zero-order valence-electron chi connectivity index (χ0n) is 27.9. The number of carbonyl (C=O) groups excluding carboxylic acids is 1. The van der Waals surface area contributed by atoms with Gasteiger partial charge in [0.1, 0.15) is 18.1 Å². The molecule has 2 heterocycles. The van der Waals surface area contributed by atoms with Crippen molar-refractivity contribution in [1.29, 1.82) is 0 Å². The lowest BCUT2D eigenvalue weighted by Crippen LogP contribution is -2.68. The molecule has 3 aliphatic rings. The van der Waals surface area contributed by atoms with Gasteiger partial charge in [-0.3, -0.25) is 4.79 Å². The Hall–Kier alpha value is -1.81. The van der Waals surface area contributed by atoms with Crippen LogP contribution in [-0.2, 0) is 33.2 Å². The van der Waals surface area contributed by atoms with Crippen molar-refractivity contribution in [2.45, 2.75) is 115 Å².